The zero-order valence-electron chi connectivity index (χ0n) is 8.21. The van der Waals surface area contributed by atoms with Crippen LogP contribution in [0.4, 0.5) is 13.2 Å². The van der Waals surface area contributed by atoms with Crippen LogP contribution < -0.4 is 5.90 Å². The SMILES string of the molecule is CC(CON)c1ccccc1C(F)(F)F. The predicted molar refractivity (Wildman–Crippen MR) is 50.0 cm³/mol. The van der Waals surface area contributed by atoms with Crippen molar-refractivity contribution in [1.29, 1.82) is 0 Å². The summed E-state index contributed by atoms with van der Waals surface area (Å²) < 4.78 is 37.7. The van der Waals surface area contributed by atoms with Gasteiger partial charge in [0.05, 0.1) is 12.2 Å². The maximum atomic E-state index is 12.6. The van der Waals surface area contributed by atoms with Gasteiger partial charge in [-0.15, -0.1) is 0 Å². The number of nitrogens with two attached hydrogens (primary N) is 1. The van der Waals surface area contributed by atoms with Gasteiger partial charge in [0.15, 0.2) is 0 Å². The van der Waals surface area contributed by atoms with E-state index in [0.717, 1.165) is 6.07 Å². The first-order valence-electron chi connectivity index (χ1n) is 4.44. The lowest BCUT2D eigenvalue weighted by Gasteiger charge is -2.17. The molecule has 0 fully saturated rings. The molecule has 0 aromatic heterocycles. The molecule has 0 aliphatic rings. The van der Waals surface area contributed by atoms with Gasteiger partial charge in [-0.1, -0.05) is 25.1 Å². The number of rotatable bonds is 3. The van der Waals surface area contributed by atoms with Gasteiger partial charge in [0.1, 0.15) is 0 Å². The van der Waals surface area contributed by atoms with Gasteiger partial charge in [-0.2, -0.15) is 13.2 Å². The molecule has 2 N–H and O–H groups in total. The highest BCUT2D eigenvalue weighted by molar-refractivity contribution is 5.32. The third-order valence-corrected chi connectivity index (χ3v) is 2.14. The fourth-order valence-corrected chi connectivity index (χ4v) is 1.42. The lowest BCUT2D eigenvalue weighted by molar-refractivity contribution is -0.138. The summed E-state index contributed by atoms with van der Waals surface area (Å²) in [6, 6.07) is 5.43. The van der Waals surface area contributed by atoms with E-state index < -0.39 is 11.7 Å². The van der Waals surface area contributed by atoms with Gasteiger partial charge in [-0.3, -0.25) is 0 Å². The number of hydrogen-bond acceptors (Lipinski definition) is 2. The Labute approximate surface area is 85.8 Å². The van der Waals surface area contributed by atoms with Crippen molar-refractivity contribution in [3.8, 4) is 0 Å². The molecule has 0 amide bonds. The molecule has 1 rings (SSSR count). The van der Waals surface area contributed by atoms with Crippen LogP contribution in [-0.4, -0.2) is 6.61 Å². The summed E-state index contributed by atoms with van der Waals surface area (Å²) >= 11 is 0. The molecule has 0 saturated heterocycles. The van der Waals surface area contributed by atoms with E-state index in [2.05, 4.69) is 4.84 Å². The van der Waals surface area contributed by atoms with Crippen molar-refractivity contribution in [1.82, 2.24) is 0 Å². The molecule has 2 nitrogen and oxygen atoms in total. The zero-order chi connectivity index (χ0) is 11.5. The summed E-state index contributed by atoms with van der Waals surface area (Å²) in [5, 5.41) is 0. The largest absolute Gasteiger partial charge is 0.416 e. The first-order valence-corrected chi connectivity index (χ1v) is 4.44. The summed E-state index contributed by atoms with van der Waals surface area (Å²) in [5.41, 5.74) is -0.426. The highest BCUT2D eigenvalue weighted by atomic mass is 19.4. The Morgan fingerprint density at radius 3 is 2.47 bits per heavy atom. The van der Waals surface area contributed by atoms with E-state index in [4.69, 9.17) is 5.90 Å². The van der Waals surface area contributed by atoms with Gasteiger partial charge in [0, 0.05) is 5.92 Å². The van der Waals surface area contributed by atoms with Crippen LogP contribution in [0.1, 0.15) is 24.0 Å². The Morgan fingerprint density at radius 1 is 1.33 bits per heavy atom. The quantitative estimate of drug-likeness (QED) is 0.793. The standard InChI is InChI=1S/C10H12F3NO/c1-7(6-15-14)8-4-2-3-5-9(8)10(11,12)13/h2-5,7H,6,14H2,1H3. The Bertz CT molecular complexity index is 325. The van der Waals surface area contributed by atoms with Crippen molar-refractivity contribution < 1.29 is 18.0 Å². The Balaban J connectivity index is 3.06. The third kappa shape index (κ3) is 2.94. The first kappa shape index (κ1) is 12.0. The minimum atomic E-state index is -4.33. The van der Waals surface area contributed by atoms with E-state index in [1.165, 1.54) is 12.1 Å². The minimum Gasteiger partial charge on any atom is -0.304 e. The molecule has 0 aliphatic heterocycles. The normalized spacial score (nSPS) is 13.9. The second kappa shape index (κ2) is 4.63. The number of benzene rings is 1. The maximum Gasteiger partial charge on any atom is 0.416 e. The van der Waals surface area contributed by atoms with Gasteiger partial charge in [-0.25, -0.2) is 5.90 Å². The van der Waals surface area contributed by atoms with Crippen LogP contribution in [-0.2, 0) is 11.0 Å². The molecular weight excluding hydrogens is 207 g/mol. The predicted octanol–water partition coefficient (Wildman–Crippen LogP) is 2.70. The second-order valence-corrected chi connectivity index (χ2v) is 3.32. The number of hydrogen-bond donors (Lipinski definition) is 1. The van der Waals surface area contributed by atoms with E-state index in [1.807, 2.05) is 0 Å². The maximum absolute atomic E-state index is 12.6. The highest BCUT2D eigenvalue weighted by Gasteiger charge is 2.33. The summed E-state index contributed by atoms with van der Waals surface area (Å²) in [5.74, 6) is 4.46. The number of halogens is 3. The molecule has 1 atom stereocenters. The summed E-state index contributed by atoms with van der Waals surface area (Å²) in [6.45, 7) is 1.70. The molecule has 0 radical (unpaired) electrons. The average Bonchev–Trinajstić information content (AvgIpc) is 2.17. The molecule has 15 heavy (non-hydrogen) atoms. The van der Waals surface area contributed by atoms with Gasteiger partial charge in [0.25, 0.3) is 0 Å². The van der Waals surface area contributed by atoms with Crippen LogP contribution in [0.3, 0.4) is 0 Å². The minimum absolute atomic E-state index is 0.0626. The van der Waals surface area contributed by atoms with Crippen LogP contribution in [0, 0.1) is 0 Å². The van der Waals surface area contributed by atoms with Gasteiger partial charge < -0.3 is 4.84 Å². The molecule has 1 aromatic rings. The smallest absolute Gasteiger partial charge is 0.304 e. The average molecular weight is 219 g/mol. The lowest BCUT2D eigenvalue weighted by atomic mass is 9.96. The number of alkyl halides is 3. The van der Waals surface area contributed by atoms with E-state index in [-0.39, 0.29) is 18.1 Å². The van der Waals surface area contributed by atoms with Crippen molar-refractivity contribution in [3.05, 3.63) is 35.4 Å². The summed E-state index contributed by atoms with van der Waals surface area (Å²) in [4.78, 5) is 4.36. The second-order valence-electron chi connectivity index (χ2n) is 3.32. The Hall–Kier alpha value is -1.07. The fraction of sp³-hybridized carbons (Fsp3) is 0.400. The molecule has 0 aliphatic carbocycles. The van der Waals surface area contributed by atoms with Crippen molar-refractivity contribution in [2.24, 2.45) is 5.90 Å². The molecule has 1 unspecified atom stereocenters. The van der Waals surface area contributed by atoms with Crippen molar-refractivity contribution >= 4 is 0 Å². The van der Waals surface area contributed by atoms with E-state index in [1.54, 1.807) is 13.0 Å². The molecule has 84 valence electrons. The third-order valence-electron chi connectivity index (χ3n) is 2.14. The van der Waals surface area contributed by atoms with Crippen LogP contribution in [0.15, 0.2) is 24.3 Å². The van der Waals surface area contributed by atoms with Crippen LogP contribution >= 0.6 is 0 Å². The topological polar surface area (TPSA) is 35.2 Å². The summed E-state index contributed by atoms with van der Waals surface area (Å²) in [6.07, 6.45) is -4.33. The van der Waals surface area contributed by atoms with Gasteiger partial charge in [0.2, 0.25) is 0 Å². The monoisotopic (exact) mass is 219 g/mol. The molecular formula is C10H12F3NO. The molecule has 0 bridgehead atoms. The molecule has 1 aromatic carbocycles. The van der Waals surface area contributed by atoms with Gasteiger partial charge in [-0.05, 0) is 11.6 Å². The Kier molecular flexibility index (Phi) is 3.71. The fourth-order valence-electron chi connectivity index (χ4n) is 1.42. The van der Waals surface area contributed by atoms with Crippen molar-refractivity contribution in [2.45, 2.75) is 19.0 Å². The van der Waals surface area contributed by atoms with Crippen molar-refractivity contribution in [2.75, 3.05) is 6.61 Å². The first-order chi connectivity index (χ1) is 6.96. The summed E-state index contributed by atoms with van der Waals surface area (Å²) in [7, 11) is 0. The van der Waals surface area contributed by atoms with E-state index in [0.29, 0.717) is 0 Å². The van der Waals surface area contributed by atoms with Crippen LogP contribution in [0.2, 0.25) is 0 Å². The van der Waals surface area contributed by atoms with E-state index in [9.17, 15) is 13.2 Å². The lowest BCUT2D eigenvalue weighted by Crippen LogP contribution is -2.15. The molecule has 5 heteroatoms. The van der Waals surface area contributed by atoms with Crippen LogP contribution in [0.5, 0.6) is 0 Å². The zero-order valence-corrected chi connectivity index (χ0v) is 8.21. The molecule has 0 spiro atoms. The molecule has 0 saturated carbocycles. The van der Waals surface area contributed by atoms with E-state index >= 15 is 0 Å². The molecule has 0 heterocycles. The Morgan fingerprint density at radius 2 is 1.93 bits per heavy atom. The highest BCUT2D eigenvalue weighted by Crippen LogP contribution is 2.34. The van der Waals surface area contributed by atoms with Crippen molar-refractivity contribution in [3.63, 3.8) is 0 Å². The van der Waals surface area contributed by atoms with Gasteiger partial charge >= 0.3 is 6.18 Å². The van der Waals surface area contributed by atoms with Crippen LogP contribution in [0.25, 0.3) is 0 Å².